The van der Waals surface area contributed by atoms with Crippen LogP contribution in [0.15, 0.2) is 48.5 Å². The second-order valence-electron chi connectivity index (χ2n) is 8.80. The number of aliphatic hydroxyl groups is 1. The normalized spacial score (nSPS) is 26.1. The van der Waals surface area contributed by atoms with Crippen LogP contribution in [0.25, 0.3) is 0 Å². The van der Waals surface area contributed by atoms with E-state index in [-0.39, 0.29) is 30.6 Å². The Morgan fingerprint density at radius 3 is 2.57 bits per heavy atom. The van der Waals surface area contributed by atoms with Crippen molar-refractivity contribution in [3.63, 3.8) is 0 Å². The van der Waals surface area contributed by atoms with Crippen molar-refractivity contribution in [1.82, 2.24) is 4.90 Å². The number of hydrogen-bond acceptors (Lipinski definition) is 3. The molecule has 5 rings (SSSR count). The van der Waals surface area contributed by atoms with Gasteiger partial charge in [-0.2, -0.15) is 0 Å². The molecule has 2 aromatic carbocycles. The predicted octanol–water partition coefficient (Wildman–Crippen LogP) is 4.71. The fourth-order valence-electron chi connectivity index (χ4n) is 5.64. The van der Waals surface area contributed by atoms with Gasteiger partial charge in [-0.05, 0) is 54.7 Å². The highest BCUT2D eigenvalue weighted by Crippen LogP contribution is 2.49. The molecule has 0 unspecified atom stereocenters. The van der Waals surface area contributed by atoms with Gasteiger partial charge >= 0.3 is 6.03 Å². The number of para-hydroxylation sites is 1. The van der Waals surface area contributed by atoms with E-state index < -0.39 is 0 Å². The molecule has 2 aromatic rings. The molecule has 1 saturated heterocycles. The lowest BCUT2D eigenvalue weighted by Gasteiger charge is -2.59. The largest absolute Gasteiger partial charge is 0.395 e. The molecular formula is C24H28ClN3O2. The number of rotatable bonds is 4. The minimum Gasteiger partial charge on any atom is -0.395 e. The highest BCUT2D eigenvalue weighted by atomic mass is 35.5. The van der Waals surface area contributed by atoms with Crippen LogP contribution in [0.2, 0.25) is 5.02 Å². The minimum absolute atomic E-state index is 0.128. The van der Waals surface area contributed by atoms with E-state index in [4.69, 9.17) is 11.6 Å². The molecule has 1 saturated carbocycles. The Morgan fingerprint density at radius 2 is 1.83 bits per heavy atom. The average molecular weight is 426 g/mol. The van der Waals surface area contributed by atoms with Crippen LogP contribution < -0.4 is 10.2 Å². The maximum absolute atomic E-state index is 13.2. The number of nitrogens with zero attached hydrogens (tertiary/aromatic N) is 2. The van der Waals surface area contributed by atoms with Crippen LogP contribution in [0.3, 0.4) is 0 Å². The first-order chi connectivity index (χ1) is 14.7. The van der Waals surface area contributed by atoms with Gasteiger partial charge in [0.15, 0.2) is 0 Å². The number of amides is 2. The summed E-state index contributed by atoms with van der Waals surface area (Å²) in [5.41, 5.74) is 2.85. The van der Waals surface area contributed by atoms with Crippen molar-refractivity contribution in [2.45, 2.75) is 43.7 Å². The van der Waals surface area contributed by atoms with E-state index in [2.05, 4.69) is 16.3 Å². The highest BCUT2D eigenvalue weighted by molar-refractivity contribution is 6.30. The lowest BCUT2D eigenvalue weighted by atomic mass is 9.71. The predicted molar refractivity (Wildman–Crippen MR) is 120 cm³/mol. The van der Waals surface area contributed by atoms with Crippen molar-refractivity contribution in [1.29, 1.82) is 0 Å². The number of hydrogen-bond donors (Lipinski definition) is 2. The summed E-state index contributed by atoms with van der Waals surface area (Å²) >= 11 is 5.97. The lowest BCUT2D eigenvalue weighted by molar-refractivity contribution is -0.0509. The standard InChI is InChI=1S/C24H28ClN3O2/c25-17-9-11-18(12-10-17)26-24(30)28-14-21-23(19-7-3-4-8-20(19)28)22(15-29)27(21)13-16-5-1-2-6-16/h3-4,7-12,16,21-23,29H,1-2,5-6,13-15H2,(H,26,30)/t21-,22-,23+/m0/s1. The minimum atomic E-state index is -0.128. The number of aliphatic hydroxyl groups excluding tert-OH is 1. The van der Waals surface area contributed by atoms with Crippen LogP contribution in [-0.2, 0) is 0 Å². The van der Waals surface area contributed by atoms with Gasteiger partial charge in [0.1, 0.15) is 0 Å². The lowest BCUT2D eigenvalue weighted by Crippen LogP contribution is -2.70. The molecule has 158 valence electrons. The van der Waals surface area contributed by atoms with E-state index in [1.807, 2.05) is 35.2 Å². The van der Waals surface area contributed by atoms with Gasteiger partial charge in [-0.15, -0.1) is 0 Å². The Bertz CT molecular complexity index is 913. The van der Waals surface area contributed by atoms with Gasteiger partial charge in [0.2, 0.25) is 0 Å². The molecule has 2 fully saturated rings. The molecule has 2 amide bonds. The molecule has 3 atom stereocenters. The SMILES string of the molecule is O=C(Nc1ccc(Cl)cc1)N1C[C@H]2[C@@H](c3ccccc31)[C@H](CO)N2CC1CCCC1. The molecule has 0 spiro atoms. The summed E-state index contributed by atoms with van der Waals surface area (Å²) in [5.74, 6) is 1.00. The van der Waals surface area contributed by atoms with Crippen LogP contribution in [0.1, 0.15) is 37.2 Å². The molecule has 30 heavy (non-hydrogen) atoms. The number of carbonyl (C=O) groups excluding carboxylic acids is 1. The molecule has 0 aromatic heterocycles. The van der Waals surface area contributed by atoms with Gasteiger partial charge < -0.3 is 10.4 Å². The summed E-state index contributed by atoms with van der Waals surface area (Å²) in [5, 5.41) is 13.8. The van der Waals surface area contributed by atoms with E-state index in [9.17, 15) is 9.90 Å². The fraction of sp³-hybridized carbons (Fsp3) is 0.458. The van der Waals surface area contributed by atoms with E-state index in [1.54, 1.807) is 12.1 Å². The summed E-state index contributed by atoms with van der Waals surface area (Å²) in [6.45, 7) is 1.84. The van der Waals surface area contributed by atoms with Crippen molar-refractivity contribution >= 4 is 29.0 Å². The molecule has 3 aliphatic rings. The van der Waals surface area contributed by atoms with Gasteiger partial charge in [0, 0.05) is 47.5 Å². The maximum Gasteiger partial charge on any atom is 0.326 e. The summed E-state index contributed by atoms with van der Waals surface area (Å²) < 4.78 is 0. The van der Waals surface area contributed by atoms with Crippen LogP contribution >= 0.6 is 11.6 Å². The summed E-state index contributed by atoms with van der Waals surface area (Å²) in [7, 11) is 0. The van der Waals surface area contributed by atoms with Crippen molar-refractivity contribution in [3.05, 3.63) is 59.1 Å². The number of anilines is 2. The molecule has 0 bridgehead atoms. The van der Waals surface area contributed by atoms with E-state index in [0.29, 0.717) is 17.5 Å². The molecule has 2 N–H and O–H groups in total. The number of carbonyl (C=O) groups is 1. The molecule has 0 radical (unpaired) electrons. The van der Waals surface area contributed by atoms with Crippen LogP contribution in [0.4, 0.5) is 16.2 Å². The first kappa shape index (κ1) is 19.9. The van der Waals surface area contributed by atoms with Gasteiger partial charge in [-0.3, -0.25) is 9.80 Å². The van der Waals surface area contributed by atoms with E-state index >= 15 is 0 Å². The van der Waals surface area contributed by atoms with Crippen LogP contribution in [-0.4, -0.2) is 47.8 Å². The third kappa shape index (κ3) is 3.49. The second-order valence-corrected chi connectivity index (χ2v) is 9.23. The molecule has 6 heteroatoms. The number of likely N-dealkylation sites (tertiary alicyclic amines) is 1. The molecule has 2 aliphatic heterocycles. The average Bonchev–Trinajstić information content (AvgIpc) is 3.27. The summed E-state index contributed by atoms with van der Waals surface area (Å²) in [6.07, 6.45) is 5.19. The Balaban J connectivity index is 1.40. The van der Waals surface area contributed by atoms with E-state index in [1.165, 1.54) is 31.2 Å². The van der Waals surface area contributed by atoms with E-state index in [0.717, 1.165) is 17.9 Å². The van der Waals surface area contributed by atoms with Gasteiger partial charge in [-0.1, -0.05) is 42.6 Å². The van der Waals surface area contributed by atoms with Crippen molar-refractivity contribution < 1.29 is 9.90 Å². The number of benzene rings is 2. The Kier molecular flexibility index (Phi) is 5.44. The maximum atomic E-state index is 13.2. The Morgan fingerprint density at radius 1 is 1.10 bits per heavy atom. The quantitative estimate of drug-likeness (QED) is 0.745. The van der Waals surface area contributed by atoms with Gasteiger partial charge in [-0.25, -0.2) is 4.79 Å². The molecule has 2 heterocycles. The molecular weight excluding hydrogens is 398 g/mol. The number of halogens is 1. The smallest absolute Gasteiger partial charge is 0.326 e. The molecule has 1 aliphatic carbocycles. The van der Waals surface area contributed by atoms with Crippen molar-refractivity contribution in [2.75, 3.05) is 29.9 Å². The van der Waals surface area contributed by atoms with Crippen LogP contribution in [0, 0.1) is 5.92 Å². The zero-order valence-corrected chi connectivity index (χ0v) is 17.8. The second kappa shape index (κ2) is 8.22. The Hall–Kier alpha value is -2.08. The number of urea groups is 1. The van der Waals surface area contributed by atoms with Gasteiger partial charge in [0.25, 0.3) is 0 Å². The number of fused-ring (bicyclic) bond motifs is 3. The third-order valence-electron chi connectivity index (χ3n) is 7.11. The van der Waals surface area contributed by atoms with Crippen molar-refractivity contribution in [2.24, 2.45) is 5.92 Å². The molecule has 5 nitrogen and oxygen atoms in total. The fourth-order valence-corrected chi connectivity index (χ4v) is 5.77. The first-order valence-corrected chi connectivity index (χ1v) is 11.3. The first-order valence-electron chi connectivity index (χ1n) is 11.0. The monoisotopic (exact) mass is 425 g/mol. The number of nitrogens with one attached hydrogen (secondary N) is 1. The third-order valence-corrected chi connectivity index (χ3v) is 7.36. The van der Waals surface area contributed by atoms with Crippen molar-refractivity contribution in [3.8, 4) is 0 Å². The summed E-state index contributed by atoms with van der Waals surface area (Å²) in [6, 6.07) is 15.6. The van der Waals surface area contributed by atoms with Crippen LogP contribution in [0.5, 0.6) is 0 Å². The van der Waals surface area contributed by atoms with Gasteiger partial charge in [0.05, 0.1) is 6.61 Å². The summed E-state index contributed by atoms with van der Waals surface area (Å²) in [4.78, 5) is 17.5. The zero-order chi connectivity index (χ0) is 20.7. The topological polar surface area (TPSA) is 55.8 Å². The highest BCUT2D eigenvalue weighted by Gasteiger charge is 2.53. The Labute approximate surface area is 182 Å². The zero-order valence-electron chi connectivity index (χ0n) is 17.0.